The van der Waals surface area contributed by atoms with Crippen molar-refractivity contribution in [3.63, 3.8) is 0 Å². The van der Waals surface area contributed by atoms with Crippen LogP contribution in [0.15, 0.2) is 108 Å². The summed E-state index contributed by atoms with van der Waals surface area (Å²) in [7, 11) is -4.34. The molecule has 1 N–H and O–H groups in total. The molecule has 4 aromatic carbocycles. The van der Waals surface area contributed by atoms with Gasteiger partial charge in [0.25, 0.3) is 10.0 Å². The molecular weight excluding hydrogens is 617 g/mol. The Bertz CT molecular complexity index is 1690. The Morgan fingerprint density at radius 1 is 0.889 bits per heavy atom. The molecule has 0 saturated carbocycles. The number of hydrogen-bond donors (Lipinski definition) is 1. The van der Waals surface area contributed by atoms with Crippen LogP contribution in [0.5, 0.6) is 5.75 Å². The molecule has 4 rings (SSSR count). The van der Waals surface area contributed by atoms with E-state index in [1.165, 1.54) is 41.3 Å². The summed E-state index contributed by atoms with van der Waals surface area (Å²) in [6.45, 7) is 3.58. The van der Waals surface area contributed by atoms with Crippen molar-refractivity contribution in [3.8, 4) is 5.75 Å². The van der Waals surface area contributed by atoms with E-state index in [1.807, 2.05) is 37.3 Å². The number of amides is 2. The lowest BCUT2D eigenvalue weighted by atomic mass is 10.0. The number of hydrogen-bond acceptors (Lipinski definition) is 5. The second kappa shape index (κ2) is 15.5. The smallest absolute Gasteiger partial charge is 0.264 e. The minimum Gasteiger partial charge on any atom is -0.494 e. The van der Waals surface area contributed by atoms with Crippen LogP contribution in [-0.4, -0.2) is 50.9 Å². The molecule has 1 atom stereocenters. The number of ether oxygens (including phenoxy) is 1. The number of nitrogens with one attached hydrogen (secondary N) is 1. The zero-order valence-electron chi connectivity index (χ0n) is 25.0. The van der Waals surface area contributed by atoms with Gasteiger partial charge in [0, 0.05) is 24.5 Å². The van der Waals surface area contributed by atoms with Crippen molar-refractivity contribution in [2.24, 2.45) is 0 Å². The molecule has 1 unspecified atom stereocenters. The molecule has 2 amide bonds. The lowest BCUT2D eigenvalue weighted by Crippen LogP contribution is -2.53. The average Bonchev–Trinajstić information content (AvgIpc) is 3.04. The highest BCUT2D eigenvalue weighted by Crippen LogP contribution is 2.27. The highest BCUT2D eigenvalue weighted by atomic mass is 35.5. The molecule has 0 fully saturated rings. The molecule has 0 bridgehead atoms. The zero-order chi connectivity index (χ0) is 32.4. The Morgan fingerprint density at radius 3 is 2.16 bits per heavy atom. The average molecular weight is 652 g/mol. The van der Waals surface area contributed by atoms with Gasteiger partial charge in [-0.3, -0.25) is 13.9 Å². The van der Waals surface area contributed by atoms with Crippen LogP contribution in [-0.2, 0) is 32.6 Å². The van der Waals surface area contributed by atoms with Gasteiger partial charge in [-0.25, -0.2) is 12.8 Å². The van der Waals surface area contributed by atoms with E-state index in [9.17, 15) is 22.4 Å². The van der Waals surface area contributed by atoms with E-state index >= 15 is 0 Å². The summed E-state index contributed by atoms with van der Waals surface area (Å²) in [5.41, 5.74) is 1.47. The van der Waals surface area contributed by atoms with E-state index in [4.69, 9.17) is 16.3 Å². The quantitative estimate of drug-likeness (QED) is 0.185. The summed E-state index contributed by atoms with van der Waals surface area (Å²) in [5, 5.41) is 3.20. The van der Waals surface area contributed by atoms with Gasteiger partial charge in [-0.1, -0.05) is 60.1 Å². The van der Waals surface area contributed by atoms with Gasteiger partial charge in [-0.05, 0) is 79.6 Å². The van der Waals surface area contributed by atoms with Gasteiger partial charge in [-0.2, -0.15) is 0 Å². The van der Waals surface area contributed by atoms with E-state index in [0.717, 1.165) is 22.0 Å². The van der Waals surface area contributed by atoms with Crippen molar-refractivity contribution in [2.75, 3.05) is 24.0 Å². The molecule has 0 aliphatic carbocycles. The van der Waals surface area contributed by atoms with Gasteiger partial charge in [0.2, 0.25) is 11.8 Å². The Morgan fingerprint density at radius 2 is 1.53 bits per heavy atom. The molecule has 45 heavy (non-hydrogen) atoms. The van der Waals surface area contributed by atoms with Crippen molar-refractivity contribution < 1.29 is 27.1 Å². The van der Waals surface area contributed by atoms with Crippen LogP contribution in [0.2, 0.25) is 5.02 Å². The van der Waals surface area contributed by atoms with Crippen molar-refractivity contribution in [1.29, 1.82) is 0 Å². The molecule has 0 saturated heterocycles. The van der Waals surface area contributed by atoms with Gasteiger partial charge in [-0.15, -0.1) is 0 Å². The maximum atomic E-state index is 14.4. The maximum absolute atomic E-state index is 14.4. The largest absolute Gasteiger partial charge is 0.494 e. The zero-order valence-corrected chi connectivity index (χ0v) is 26.6. The number of carbonyl (C=O) groups is 2. The van der Waals surface area contributed by atoms with Crippen molar-refractivity contribution in [2.45, 2.75) is 37.8 Å². The summed E-state index contributed by atoms with van der Waals surface area (Å²) in [6.07, 6.45) is 0.172. The summed E-state index contributed by atoms with van der Waals surface area (Å²) >= 11 is 6.49. The molecule has 0 radical (unpaired) electrons. The van der Waals surface area contributed by atoms with Crippen molar-refractivity contribution >= 4 is 39.1 Å². The summed E-state index contributed by atoms with van der Waals surface area (Å²) < 4.78 is 48.4. The molecule has 4 aromatic rings. The lowest BCUT2D eigenvalue weighted by molar-refractivity contribution is -0.140. The predicted molar refractivity (Wildman–Crippen MR) is 173 cm³/mol. The standard InChI is InChI=1S/C34H35ClFN3O5S/c1-3-37-34(41)32(22-25-10-6-5-7-11-25)38(23-26-12-8-9-13-31(26)35)33(40)24-39(28-16-14-27(36)15-17-28)45(42,43)30-20-18-29(19-21-30)44-4-2/h5-21,32H,3-4,22-24H2,1-2H3,(H,37,41). The fourth-order valence-electron chi connectivity index (χ4n) is 4.79. The Labute approximate surface area is 268 Å². The number of rotatable bonds is 14. The monoisotopic (exact) mass is 651 g/mol. The molecule has 0 aliphatic rings. The van der Waals surface area contributed by atoms with Crippen LogP contribution in [0.25, 0.3) is 0 Å². The highest BCUT2D eigenvalue weighted by molar-refractivity contribution is 7.92. The third-order valence-electron chi connectivity index (χ3n) is 7.04. The number of halogens is 2. The van der Waals surface area contributed by atoms with Crippen molar-refractivity contribution in [3.05, 3.63) is 125 Å². The molecule has 0 aliphatic heterocycles. The fourth-order valence-corrected chi connectivity index (χ4v) is 6.40. The van der Waals surface area contributed by atoms with Gasteiger partial charge < -0.3 is 15.0 Å². The van der Waals surface area contributed by atoms with E-state index in [0.29, 0.717) is 29.5 Å². The molecule has 11 heteroatoms. The Hall–Kier alpha value is -4.41. The van der Waals surface area contributed by atoms with Crippen LogP contribution >= 0.6 is 11.6 Å². The first kappa shape index (κ1) is 33.5. The first-order valence-electron chi connectivity index (χ1n) is 14.5. The van der Waals surface area contributed by atoms with Crippen LogP contribution in [0.1, 0.15) is 25.0 Å². The third kappa shape index (κ3) is 8.61. The van der Waals surface area contributed by atoms with E-state index in [-0.39, 0.29) is 23.5 Å². The third-order valence-corrected chi connectivity index (χ3v) is 9.19. The van der Waals surface area contributed by atoms with Crippen LogP contribution < -0.4 is 14.4 Å². The lowest BCUT2D eigenvalue weighted by Gasteiger charge is -2.34. The molecule has 0 spiro atoms. The second-order valence-corrected chi connectivity index (χ2v) is 12.4. The predicted octanol–water partition coefficient (Wildman–Crippen LogP) is 5.85. The van der Waals surface area contributed by atoms with Crippen LogP contribution in [0.3, 0.4) is 0 Å². The number of likely N-dealkylation sites (N-methyl/N-ethyl adjacent to an activating group) is 1. The highest BCUT2D eigenvalue weighted by Gasteiger charge is 2.34. The number of carbonyl (C=O) groups excluding carboxylic acids is 2. The minimum absolute atomic E-state index is 0.0620. The van der Waals surface area contributed by atoms with Crippen molar-refractivity contribution in [1.82, 2.24) is 10.2 Å². The number of anilines is 1. The normalized spacial score (nSPS) is 11.8. The van der Waals surface area contributed by atoms with Gasteiger partial charge in [0.15, 0.2) is 0 Å². The number of nitrogens with zero attached hydrogens (tertiary/aromatic N) is 2. The van der Waals surface area contributed by atoms with Crippen LogP contribution in [0.4, 0.5) is 10.1 Å². The molecule has 236 valence electrons. The summed E-state index contributed by atoms with van der Waals surface area (Å²) in [5.74, 6) is -1.13. The first-order valence-corrected chi connectivity index (χ1v) is 16.3. The van der Waals surface area contributed by atoms with Crippen LogP contribution in [0, 0.1) is 5.82 Å². The maximum Gasteiger partial charge on any atom is 0.264 e. The molecule has 0 aromatic heterocycles. The Balaban J connectivity index is 1.79. The SMILES string of the molecule is CCNC(=O)C(Cc1ccccc1)N(Cc1ccccc1Cl)C(=O)CN(c1ccc(F)cc1)S(=O)(=O)c1ccc(OCC)cc1. The summed E-state index contributed by atoms with van der Waals surface area (Å²) in [6, 6.07) is 25.8. The van der Waals surface area contributed by atoms with Gasteiger partial charge >= 0.3 is 0 Å². The minimum atomic E-state index is -4.34. The van der Waals surface area contributed by atoms with E-state index < -0.39 is 40.2 Å². The Kier molecular flexibility index (Phi) is 11.6. The first-order chi connectivity index (χ1) is 21.6. The van der Waals surface area contributed by atoms with E-state index in [2.05, 4.69) is 5.32 Å². The van der Waals surface area contributed by atoms with E-state index in [1.54, 1.807) is 31.2 Å². The number of benzene rings is 4. The number of sulfonamides is 1. The fraction of sp³-hybridized carbons (Fsp3) is 0.235. The van der Waals surface area contributed by atoms with Gasteiger partial charge in [0.1, 0.15) is 24.2 Å². The molecular formula is C34H35ClFN3O5S. The van der Waals surface area contributed by atoms with Gasteiger partial charge in [0.05, 0.1) is 17.2 Å². The topological polar surface area (TPSA) is 96.0 Å². The molecule has 0 heterocycles. The molecule has 8 nitrogen and oxygen atoms in total. The summed E-state index contributed by atoms with van der Waals surface area (Å²) in [4.78, 5) is 29.2. The second-order valence-electron chi connectivity index (χ2n) is 10.1.